The first-order chi connectivity index (χ1) is 13.5. The van der Waals surface area contributed by atoms with Gasteiger partial charge in [0, 0.05) is 13.1 Å². The van der Waals surface area contributed by atoms with Gasteiger partial charge in [0.05, 0.1) is 11.1 Å². The largest absolute Gasteiger partial charge is 0.360 e. The quantitative estimate of drug-likeness (QED) is 0.695. The monoisotopic (exact) mass is 380 g/mol. The molecule has 7 heteroatoms. The molecule has 1 saturated heterocycles. The number of aryl methyl sites for hydroxylation is 2. The number of amides is 1. The summed E-state index contributed by atoms with van der Waals surface area (Å²) in [7, 11) is 0. The Morgan fingerprint density at radius 2 is 1.89 bits per heavy atom. The molecule has 0 saturated carbocycles. The molecule has 2 aromatic heterocycles. The average molecular weight is 380 g/mol. The maximum atomic E-state index is 12.7. The van der Waals surface area contributed by atoms with Crippen LogP contribution in [0.15, 0.2) is 39.6 Å². The smallest absolute Gasteiger partial charge is 0.297 e. The van der Waals surface area contributed by atoms with Crippen molar-refractivity contribution in [3.05, 3.63) is 57.7 Å². The Labute approximate surface area is 162 Å². The first-order valence-corrected chi connectivity index (χ1v) is 9.68. The van der Waals surface area contributed by atoms with Gasteiger partial charge in [0.1, 0.15) is 12.3 Å². The summed E-state index contributed by atoms with van der Waals surface area (Å²) in [6.45, 7) is 4.91. The van der Waals surface area contributed by atoms with E-state index in [4.69, 9.17) is 4.52 Å². The molecule has 0 bridgehead atoms. The lowest BCUT2D eigenvalue weighted by Crippen LogP contribution is -2.42. The Kier molecular flexibility index (Phi) is 4.98. The fourth-order valence-electron chi connectivity index (χ4n) is 4.01. The molecule has 0 atom stereocenters. The van der Waals surface area contributed by atoms with Crippen LogP contribution in [0.25, 0.3) is 10.9 Å². The van der Waals surface area contributed by atoms with Crippen LogP contribution in [0, 0.1) is 19.8 Å². The van der Waals surface area contributed by atoms with E-state index in [0.717, 1.165) is 32.4 Å². The molecule has 3 heterocycles. The molecule has 1 aliphatic heterocycles. The van der Waals surface area contributed by atoms with E-state index in [-0.39, 0.29) is 23.5 Å². The third kappa shape index (κ3) is 3.56. The molecule has 0 spiro atoms. The molecule has 1 aliphatic rings. The maximum absolute atomic E-state index is 12.7. The van der Waals surface area contributed by atoms with Crippen molar-refractivity contribution >= 4 is 16.8 Å². The zero-order chi connectivity index (χ0) is 19.7. The van der Waals surface area contributed by atoms with Gasteiger partial charge < -0.3 is 9.42 Å². The lowest BCUT2D eigenvalue weighted by Gasteiger charge is -2.32. The lowest BCUT2D eigenvalue weighted by atomic mass is 9.90. The third-order valence-electron chi connectivity index (χ3n) is 5.55. The van der Waals surface area contributed by atoms with E-state index < -0.39 is 0 Å². The minimum Gasteiger partial charge on any atom is -0.360 e. The molecule has 3 aromatic rings. The summed E-state index contributed by atoms with van der Waals surface area (Å²) in [6.07, 6.45) is 3.00. The van der Waals surface area contributed by atoms with Crippen molar-refractivity contribution in [2.45, 2.75) is 39.7 Å². The number of hydrogen-bond acceptors (Lipinski definition) is 5. The SMILES string of the molecule is Cc1nn(CC(=O)N2CCC(Cc3ccccc3)CC2)c(=O)c2noc(C)c12. The Balaban J connectivity index is 1.41. The van der Waals surface area contributed by atoms with E-state index in [9.17, 15) is 9.59 Å². The van der Waals surface area contributed by atoms with Gasteiger partial charge in [0.2, 0.25) is 5.91 Å². The molecule has 146 valence electrons. The van der Waals surface area contributed by atoms with E-state index in [1.54, 1.807) is 13.8 Å². The fraction of sp³-hybridized carbons (Fsp3) is 0.429. The number of hydrogen-bond donors (Lipinski definition) is 0. The van der Waals surface area contributed by atoms with Crippen molar-refractivity contribution in [3.63, 3.8) is 0 Å². The first kappa shape index (κ1) is 18.4. The van der Waals surface area contributed by atoms with E-state index in [2.05, 4.69) is 34.5 Å². The summed E-state index contributed by atoms with van der Waals surface area (Å²) in [5.41, 5.74) is 1.83. The Bertz CT molecular complexity index is 1050. The van der Waals surface area contributed by atoms with E-state index >= 15 is 0 Å². The van der Waals surface area contributed by atoms with Gasteiger partial charge in [0.25, 0.3) is 5.56 Å². The van der Waals surface area contributed by atoms with Crippen LogP contribution in [0.5, 0.6) is 0 Å². The van der Waals surface area contributed by atoms with Crippen LogP contribution >= 0.6 is 0 Å². The first-order valence-electron chi connectivity index (χ1n) is 9.68. The van der Waals surface area contributed by atoms with Crippen LogP contribution in [0.4, 0.5) is 0 Å². The molecular formula is C21H24N4O3. The fourth-order valence-corrected chi connectivity index (χ4v) is 4.01. The van der Waals surface area contributed by atoms with Crippen molar-refractivity contribution in [2.24, 2.45) is 5.92 Å². The van der Waals surface area contributed by atoms with Crippen LogP contribution in [-0.4, -0.2) is 38.8 Å². The van der Waals surface area contributed by atoms with Crippen LogP contribution < -0.4 is 5.56 Å². The number of benzene rings is 1. The lowest BCUT2D eigenvalue weighted by molar-refractivity contribution is -0.133. The predicted octanol–water partition coefficient (Wildman–Crippen LogP) is 2.48. The number of carbonyl (C=O) groups is 1. The number of likely N-dealkylation sites (tertiary alicyclic amines) is 1. The van der Waals surface area contributed by atoms with E-state index in [1.807, 2.05) is 11.0 Å². The third-order valence-corrected chi connectivity index (χ3v) is 5.55. The summed E-state index contributed by atoms with van der Waals surface area (Å²) >= 11 is 0. The molecule has 0 radical (unpaired) electrons. The van der Waals surface area contributed by atoms with Crippen molar-refractivity contribution in [1.29, 1.82) is 0 Å². The van der Waals surface area contributed by atoms with Crippen LogP contribution in [0.2, 0.25) is 0 Å². The second kappa shape index (κ2) is 7.58. The van der Waals surface area contributed by atoms with Crippen molar-refractivity contribution in [3.8, 4) is 0 Å². The predicted molar refractivity (Wildman–Crippen MR) is 105 cm³/mol. The molecule has 1 amide bonds. The maximum Gasteiger partial charge on any atom is 0.297 e. The van der Waals surface area contributed by atoms with Crippen molar-refractivity contribution in [1.82, 2.24) is 19.8 Å². The molecule has 4 rings (SSSR count). The minimum atomic E-state index is -0.384. The molecule has 7 nitrogen and oxygen atoms in total. The summed E-state index contributed by atoms with van der Waals surface area (Å²) in [6, 6.07) is 10.5. The van der Waals surface area contributed by atoms with Crippen LogP contribution in [0.1, 0.15) is 29.9 Å². The Morgan fingerprint density at radius 3 is 2.61 bits per heavy atom. The molecular weight excluding hydrogens is 356 g/mol. The van der Waals surface area contributed by atoms with Gasteiger partial charge in [-0.05, 0) is 44.6 Å². The molecule has 1 aromatic carbocycles. The second-order valence-corrected chi connectivity index (χ2v) is 7.52. The number of piperidine rings is 1. The van der Waals surface area contributed by atoms with Gasteiger partial charge in [-0.15, -0.1) is 0 Å². The molecule has 0 unspecified atom stereocenters. The summed E-state index contributed by atoms with van der Waals surface area (Å²) in [5.74, 6) is 1.08. The average Bonchev–Trinajstić information content (AvgIpc) is 3.09. The minimum absolute atomic E-state index is 0.0646. The molecule has 28 heavy (non-hydrogen) atoms. The van der Waals surface area contributed by atoms with Gasteiger partial charge in [-0.2, -0.15) is 5.10 Å². The zero-order valence-corrected chi connectivity index (χ0v) is 16.2. The Hall–Kier alpha value is -2.96. The summed E-state index contributed by atoms with van der Waals surface area (Å²) in [5, 5.41) is 8.77. The normalized spacial score (nSPS) is 15.3. The number of aromatic nitrogens is 3. The van der Waals surface area contributed by atoms with E-state index in [0.29, 0.717) is 22.8 Å². The van der Waals surface area contributed by atoms with Gasteiger partial charge in [-0.25, -0.2) is 4.68 Å². The molecule has 1 fully saturated rings. The summed E-state index contributed by atoms with van der Waals surface area (Å²) in [4.78, 5) is 27.1. The topological polar surface area (TPSA) is 81.2 Å². The highest BCUT2D eigenvalue weighted by Gasteiger charge is 2.24. The van der Waals surface area contributed by atoms with E-state index in [1.165, 1.54) is 10.2 Å². The van der Waals surface area contributed by atoms with Crippen LogP contribution in [-0.2, 0) is 17.8 Å². The zero-order valence-electron chi connectivity index (χ0n) is 16.2. The molecule has 0 N–H and O–H groups in total. The number of carbonyl (C=O) groups excluding carboxylic acids is 1. The molecule has 0 aliphatic carbocycles. The van der Waals surface area contributed by atoms with Gasteiger partial charge in [-0.1, -0.05) is 35.5 Å². The second-order valence-electron chi connectivity index (χ2n) is 7.52. The standard InChI is InChI=1S/C21H24N4O3/c1-14-19-15(2)28-23-20(19)21(27)25(22-14)13-18(26)24-10-8-17(9-11-24)12-16-6-4-3-5-7-16/h3-7,17H,8-13H2,1-2H3. The summed E-state index contributed by atoms with van der Waals surface area (Å²) < 4.78 is 6.32. The highest BCUT2D eigenvalue weighted by atomic mass is 16.5. The van der Waals surface area contributed by atoms with Gasteiger partial charge >= 0.3 is 0 Å². The van der Waals surface area contributed by atoms with Crippen LogP contribution in [0.3, 0.4) is 0 Å². The van der Waals surface area contributed by atoms with Gasteiger partial charge in [-0.3, -0.25) is 9.59 Å². The van der Waals surface area contributed by atoms with Crippen molar-refractivity contribution in [2.75, 3.05) is 13.1 Å². The highest BCUT2D eigenvalue weighted by molar-refractivity contribution is 5.82. The number of rotatable bonds is 4. The number of nitrogens with zero attached hydrogens (tertiary/aromatic N) is 4. The highest BCUT2D eigenvalue weighted by Crippen LogP contribution is 2.22. The van der Waals surface area contributed by atoms with Crippen molar-refractivity contribution < 1.29 is 9.32 Å². The number of fused-ring (bicyclic) bond motifs is 1. The Morgan fingerprint density at radius 1 is 1.18 bits per heavy atom. The van der Waals surface area contributed by atoms with Gasteiger partial charge in [0.15, 0.2) is 5.52 Å².